The van der Waals surface area contributed by atoms with Crippen LogP contribution in [0.15, 0.2) is 0 Å². The molecule has 14 heavy (non-hydrogen) atoms. The Morgan fingerprint density at radius 1 is 1.50 bits per heavy atom. The largest absolute Gasteiger partial charge is 0.480 e. The zero-order valence-electron chi connectivity index (χ0n) is 8.36. The second-order valence-electron chi connectivity index (χ2n) is 2.75. The molecule has 0 saturated carbocycles. The molecule has 0 bridgehead atoms. The zero-order chi connectivity index (χ0) is 11.1. The Kier molecular flexibility index (Phi) is 5.15. The Labute approximate surface area is 83.3 Å². The Bertz CT molecular complexity index is 257. The molecule has 0 unspecified atom stereocenters. The van der Waals surface area contributed by atoms with Crippen LogP contribution >= 0.6 is 0 Å². The maximum atomic E-state index is 11.5. The number of carbonyl (C=O) groups is 2. The van der Waals surface area contributed by atoms with Gasteiger partial charge in [0.2, 0.25) is 0 Å². The number of hydrogen-bond donors (Lipinski definition) is 1. The summed E-state index contributed by atoms with van der Waals surface area (Å²) >= 11 is 0. The van der Waals surface area contributed by atoms with E-state index in [1.807, 2.05) is 0 Å². The molecule has 0 spiro atoms. The second-order valence-corrected chi connectivity index (χ2v) is 2.75. The Hall–Kier alpha value is -1.70. The molecule has 2 amide bonds. The summed E-state index contributed by atoms with van der Waals surface area (Å²) in [6.45, 7) is 2.12. The molecular weight excluding hydrogens is 184 g/mol. The third-order valence-electron chi connectivity index (χ3n) is 1.63. The second kappa shape index (κ2) is 5.86. The summed E-state index contributed by atoms with van der Waals surface area (Å²) in [5.41, 5.74) is 0. The fourth-order valence-corrected chi connectivity index (χ4v) is 0.937. The molecule has 0 aromatic rings. The summed E-state index contributed by atoms with van der Waals surface area (Å²) in [5, 5.41) is 8.46. The molecule has 1 N–H and O–H groups in total. The summed E-state index contributed by atoms with van der Waals surface area (Å²) in [6, 6.07) is -0.368. The minimum absolute atomic E-state index is 0.194. The van der Waals surface area contributed by atoms with E-state index in [9.17, 15) is 9.59 Å². The third-order valence-corrected chi connectivity index (χ3v) is 1.63. The monoisotopic (exact) mass is 198 g/mol. The molecular formula is C9H14N2O3. The van der Waals surface area contributed by atoms with Gasteiger partial charge in [-0.2, -0.15) is 0 Å². The first-order chi connectivity index (χ1) is 6.52. The van der Waals surface area contributed by atoms with Crippen LogP contribution in [0.5, 0.6) is 0 Å². The lowest BCUT2D eigenvalue weighted by atomic mass is 10.5. The summed E-state index contributed by atoms with van der Waals surface area (Å²) in [5.74, 6) is 1.29. The van der Waals surface area contributed by atoms with Crippen LogP contribution in [-0.2, 0) is 4.79 Å². The highest BCUT2D eigenvalue weighted by molar-refractivity contribution is 5.80. The van der Waals surface area contributed by atoms with Gasteiger partial charge in [-0.3, -0.25) is 4.79 Å². The molecule has 5 nitrogen and oxygen atoms in total. The molecule has 0 aliphatic heterocycles. The van der Waals surface area contributed by atoms with Crippen molar-refractivity contribution in [1.82, 2.24) is 9.80 Å². The third kappa shape index (κ3) is 3.81. The van der Waals surface area contributed by atoms with Gasteiger partial charge in [0.1, 0.15) is 6.54 Å². The number of aliphatic carboxylic acids is 1. The summed E-state index contributed by atoms with van der Waals surface area (Å²) in [4.78, 5) is 24.3. The van der Waals surface area contributed by atoms with Crippen LogP contribution in [0.4, 0.5) is 4.79 Å². The molecule has 5 heteroatoms. The van der Waals surface area contributed by atoms with Crippen molar-refractivity contribution in [3.63, 3.8) is 0 Å². The molecule has 0 aromatic heterocycles. The van der Waals surface area contributed by atoms with Gasteiger partial charge in [0.25, 0.3) is 0 Å². The van der Waals surface area contributed by atoms with Gasteiger partial charge in [-0.15, -0.1) is 6.42 Å². The molecule has 0 aliphatic carbocycles. The summed E-state index contributed by atoms with van der Waals surface area (Å²) < 4.78 is 0. The highest BCUT2D eigenvalue weighted by Gasteiger charge is 2.17. The van der Waals surface area contributed by atoms with Crippen LogP contribution in [0.1, 0.15) is 6.92 Å². The average molecular weight is 198 g/mol. The van der Waals surface area contributed by atoms with E-state index in [4.69, 9.17) is 11.5 Å². The highest BCUT2D eigenvalue weighted by atomic mass is 16.4. The first-order valence-corrected chi connectivity index (χ1v) is 4.18. The SMILES string of the molecule is C#CCN(CC)C(=O)N(C)CC(=O)O. The fourth-order valence-electron chi connectivity index (χ4n) is 0.937. The minimum atomic E-state index is -1.04. The van der Waals surface area contributed by atoms with Crippen molar-refractivity contribution in [2.75, 3.05) is 26.7 Å². The number of amides is 2. The summed E-state index contributed by atoms with van der Waals surface area (Å²) in [7, 11) is 1.43. The number of carboxylic acid groups (broad SMARTS) is 1. The first-order valence-electron chi connectivity index (χ1n) is 4.18. The molecule has 0 radical (unpaired) electrons. The van der Waals surface area contributed by atoms with E-state index >= 15 is 0 Å². The van der Waals surface area contributed by atoms with Crippen molar-refractivity contribution in [3.8, 4) is 12.3 Å². The molecule has 0 aromatic carbocycles. The zero-order valence-corrected chi connectivity index (χ0v) is 8.36. The standard InChI is InChI=1S/C9H14N2O3/c1-4-6-11(5-2)9(14)10(3)7-8(12)13/h1H,5-7H2,2-3H3,(H,12,13). The van der Waals surface area contributed by atoms with Gasteiger partial charge in [0.15, 0.2) is 0 Å². The van der Waals surface area contributed by atoms with Crippen molar-refractivity contribution in [3.05, 3.63) is 0 Å². The molecule has 0 heterocycles. The van der Waals surface area contributed by atoms with Crippen molar-refractivity contribution in [2.24, 2.45) is 0 Å². The Morgan fingerprint density at radius 3 is 2.43 bits per heavy atom. The number of nitrogens with zero attached hydrogens (tertiary/aromatic N) is 2. The van der Waals surface area contributed by atoms with Crippen molar-refractivity contribution in [2.45, 2.75) is 6.92 Å². The van der Waals surface area contributed by atoms with E-state index in [0.29, 0.717) is 6.54 Å². The van der Waals surface area contributed by atoms with Gasteiger partial charge in [0.05, 0.1) is 6.54 Å². The van der Waals surface area contributed by atoms with E-state index in [-0.39, 0.29) is 19.1 Å². The van der Waals surface area contributed by atoms with Gasteiger partial charge < -0.3 is 14.9 Å². The predicted molar refractivity (Wildman–Crippen MR) is 51.7 cm³/mol. The van der Waals surface area contributed by atoms with Gasteiger partial charge >= 0.3 is 12.0 Å². The Morgan fingerprint density at radius 2 is 2.07 bits per heavy atom. The lowest BCUT2D eigenvalue weighted by Crippen LogP contribution is -2.43. The maximum absolute atomic E-state index is 11.5. The highest BCUT2D eigenvalue weighted by Crippen LogP contribution is 1.95. The van der Waals surface area contributed by atoms with E-state index < -0.39 is 5.97 Å². The van der Waals surface area contributed by atoms with Crippen LogP contribution in [0.25, 0.3) is 0 Å². The number of urea groups is 1. The van der Waals surface area contributed by atoms with Crippen LogP contribution < -0.4 is 0 Å². The number of rotatable bonds is 4. The minimum Gasteiger partial charge on any atom is -0.480 e. The lowest BCUT2D eigenvalue weighted by Gasteiger charge is -2.24. The van der Waals surface area contributed by atoms with Gasteiger partial charge in [-0.1, -0.05) is 5.92 Å². The molecule has 0 saturated heterocycles. The van der Waals surface area contributed by atoms with Crippen molar-refractivity contribution >= 4 is 12.0 Å². The van der Waals surface area contributed by atoms with Gasteiger partial charge in [-0.25, -0.2) is 4.79 Å². The number of carbonyl (C=O) groups excluding carboxylic acids is 1. The molecule has 0 rings (SSSR count). The van der Waals surface area contributed by atoms with E-state index in [1.165, 1.54) is 11.9 Å². The van der Waals surface area contributed by atoms with Crippen LogP contribution in [0.3, 0.4) is 0 Å². The number of terminal acetylenes is 1. The van der Waals surface area contributed by atoms with E-state index in [2.05, 4.69) is 5.92 Å². The van der Waals surface area contributed by atoms with Crippen LogP contribution in [0.2, 0.25) is 0 Å². The fraction of sp³-hybridized carbons (Fsp3) is 0.556. The number of carboxylic acids is 1. The van der Waals surface area contributed by atoms with Crippen molar-refractivity contribution in [1.29, 1.82) is 0 Å². The lowest BCUT2D eigenvalue weighted by molar-refractivity contribution is -0.137. The molecule has 0 fully saturated rings. The number of hydrogen-bond acceptors (Lipinski definition) is 2. The van der Waals surface area contributed by atoms with Crippen LogP contribution in [-0.4, -0.2) is 53.6 Å². The predicted octanol–water partition coefficient (Wildman–Crippen LogP) is 0.0779. The topological polar surface area (TPSA) is 60.9 Å². The van der Waals surface area contributed by atoms with E-state index in [0.717, 1.165) is 4.90 Å². The van der Waals surface area contributed by atoms with Crippen LogP contribution in [0, 0.1) is 12.3 Å². The smallest absolute Gasteiger partial charge is 0.323 e. The van der Waals surface area contributed by atoms with E-state index in [1.54, 1.807) is 6.92 Å². The molecule has 0 aliphatic rings. The Balaban J connectivity index is 4.28. The number of likely N-dealkylation sites (N-methyl/N-ethyl adjacent to an activating group) is 1. The van der Waals surface area contributed by atoms with Gasteiger partial charge in [0, 0.05) is 13.6 Å². The average Bonchev–Trinajstić information content (AvgIpc) is 2.12. The summed E-state index contributed by atoms with van der Waals surface area (Å²) in [6.07, 6.45) is 5.07. The van der Waals surface area contributed by atoms with Crippen molar-refractivity contribution < 1.29 is 14.7 Å². The normalized spacial score (nSPS) is 8.93. The maximum Gasteiger partial charge on any atom is 0.323 e. The first kappa shape index (κ1) is 12.3. The van der Waals surface area contributed by atoms with Gasteiger partial charge in [-0.05, 0) is 6.92 Å². The molecule has 0 atom stereocenters. The molecule has 78 valence electrons. The quantitative estimate of drug-likeness (QED) is 0.651.